The molecule has 0 N–H and O–H groups in total. The van der Waals surface area contributed by atoms with E-state index in [0.29, 0.717) is 0 Å². The average Bonchev–Trinajstić information content (AvgIpc) is 2.11. The smallest absolute Gasteiger partial charge is 0.129 e. The second kappa shape index (κ2) is 4.69. The van der Waals surface area contributed by atoms with Crippen molar-refractivity contribution in [2.45, 2.75) is 38.4 Å². The molecule has 0 aromatic heterocycles. The normalized spacial score (nSPS) is 34.7. The van der Waals surface area contributed by atoms with Crippen molar-refractivity contribution in [3.63, 3.8) is 0 Å². The summed E-state index contributed by atoms with van der Waals surface area (Å²) in [4.78, 5) is 11.0. The van der Waals surface area contributed by atoms with Crippen LogP contribution in [-0.4, -0.2) is 21.2 Å². The average molecular weight is 176 g/mol. The molecule has 0 amide bonds. The molecule has 2 atom stereocenters. The van der Waals surface area contributed by atoms with Gasteiger partial charge in [0.25, 0.3) is 0 Å². The molecule has 0 spiro atoms. The summed E-state index contributed by atoms with van der Waals surface area (Å²) in [7, 11) is 3.43. The third kappa shape index (κ3) is 3.06. The molecule has 0 radical (unpaired) electrons. The minimum absolute atomic E-state index is 0.193. The first-order valence-corrected chi connectivity index (χ1v) is 5.34. The maximum atomic E-state index is 11.0. The molecular weight excluding hydrogens is 158 g/mol. The number of hydrogen-bond donors (Lipinski definition) is 0. The molecule has 70 valence electrons. The van der Waals surface area contributed by atoms with Gasteiger partial charge in [0, 0.05) is 5.41 Å². The van der Waals surface area contributed by atoms with Gasteiger partial charge in [-0.25, -0.2) is 0 Å². The SMILES string of the molecule is BBC1CCCC=CC(C)(C=O)C1. The van der Waals surface area contributed by atoms with Crippen molar-refractivity contribution in [3.05, 3.63) is 12.2 Å². The Bertz CT molecular complexity index is 203. The molecule has 0 saturated carbocycles. The molecule has 0 fully saturated rings. The molecule has 1 rings (SSSR count). The van der Waals surface area contributed by atoms with Gasteiger partial charge < -0.3 is 4.79 Å². The predicted molar refractivity (Wildman–Crippen MR) is 61.2 cm³/mol. The third-order valence-electron chi connectivity index (χ3n) is 3.06. The monoisotopic (exact) mass is 176 g/mol. The molecule has 13 heavy (non-hydrogen) atoms. The zero-order chi connectivity index (χ0) is 9.73. The molecule has 0 aliphatic heterocycles. The van der Waals surface area contributed by atoms with E-state index in [0.717, 1.165) is 24.9 Å². The number of carbonyl (C=O) groups excluding carboxylic acids is 1. The Hall–Kier alpha value is -0.460. The Morgan fingerprint density at radius 3 is 3.08 bits per heavy atom. The fraction of sp³-hybridized carbons (Fsp3) is 0.700. The highest BCUT2D eigenvalue weighted by atomic mass is 16.1. The molecule has 0 aromatic rings. The minimum atomic E-state index is -0.193. The number of rotatable bonds is 2. The molecule has 3 heteroatoms. The Balaban J connectivity index is 2.70. The van der Waals surface area contributed by atoms with Crippen LogP contribution in [0.1, 0.15) is 32.6 Å². The summed E-state index contributed by atoms with van der Waals surface area (Å²) < 4.78 is 0. The highest BCUT2D eigenvalue weighted by Gasteiger charge is 2.25. The van der Waals surface area contributed by atoms with Crippen LogP contribution >= 0.6 is 0 Å². The van der Waals surface area contributed by atoms with Gasteiger partial charge in [0.05, 0.1) is 14.9 Å². The summed E-state index contributed by atoms with van der Waals surface area (Å²) in [5, 5.41) is 0. The highest BCUT2D eigenvalue weighted by Crippen LogP contribution is 2.33. The Kier molecular flexibility index (Phi) is 3.83. The number of hydrogen-bond acceptors (Lipinski definition) is 1. The summed E-state index contributed by atoms with van der Waals surface area (Å²) in [6.45, 7) is 2.05. The lowest BCUT2D eigenvalue weighted by Crippen LogP contribution is -2.21. The Morgan fingerprint density at radius 2 is 2.46 bits per heavy atom. The van der Waals surface area contributed by atoms with Crippen molar-refractivity contribution in [2.75, 3.05) is 0 Å². The van der Waals surface area contributed by atoms with Crippen molar-refractivity contribution >= 4 is 21.2 Å². The van der Waals surface area contributed by atoms with Gasteiger partial charge in [-0.2, -0.15) is 0 Å². The first kappa shape index (κ1) is 10.6. The maximum Gasteiger partial charge on any atom is 0.129 e. The first-order valence-electron chi connectivity index (χ1n) is 5.34. The van der Waals surface area contributed by atoms with Crippen molar-refractivity contribution in [1.82, 2.24) is 0 Å². The van der Waals surface area contributed by atoms with Crippen molar-refractivity contribution < 1.29 is 4.79 Å². The van der Waals surface area contributed by atoms with E-state index in [1.807, 2.05) is 6.92 Å². The fourth-order valence-electron chi connectivity index (χ4n) is 2.10. The van der Waals surface area contributed by atoms with Gasteiger partial charge in [-0.1, -0.05) is 30.8 Å². The molecule has 0 bridgehead atoms. The number of allylic oxidation sites excluding steroid dienone is 2. The Morgan fingerprint density at radius 1 is 1.69 bits per heavy atom. The van der Waals surface area contributed by atoms with E-state index in [2.05, 4.69) is 19.9 Å². The van der Waals surface area contributed by atoms with Gasteiger partial charge in [-0.15, -0.1) is 0 Å². The lowest BCUT2D eigenvalue weighted by atomic mass is 9.44. The van der Waals surface area contributed by atoms with Gasteiger partial charge in [-0.3, -0.25) is 0 Å². The van der Waals surface area contributed by atoms with Gasteiger partial charge in [-0.05, 0) is 19.8 Å². The number of carbonyl (C=O) groups is 1. The lowest BCUT2D eigenvalue weighted by Gasteiger charge is -2.26. The van der Waals surface area contributed by atoms with E-state index < -0.39 is 0 Å². The van der Waals surface area contributed by atoms with Crippen LogP contribution < -0.4 is 0 Å². The van der Waals surface area contributed by atoms with Crippen LogP contribution in [0.5, 0.6) is 0 Å². The maximum absolute atomic E-state index is 11.0. The number of aldehydes is 1. The molecule has 0 saturated heterocycles. The summed E-state index contributed by atoms with van der Waals surface area (Å²) in [6.07, 6.45) is 10.1. The zero-order valence-electron chi connectivity index (χ0n) is 8.75. The first-order chi connectivity index (χ1) is 6.20. The van der Waals surface area contributed by atoms with Crippen LogP contribution in [0.25, 0.3) is 0 Å². The molecular formula is C10H18B2O. The largest absolute Gasteiger partial charge is 0.302 e. The van der Waals surface area contributed by atoms with Gasteiger partial charge in [0.2, 0.25) is 0 Å². The molecule has 2 unspecified atom stereocenters. The molecule has 0 aromatic carbocycles. The second-order valence-electron chi connectivity index (χ2n) is 4.44. The predicted octanol–water partition coefficient (Wildman–Crippen LogP) is 1.09. The van der Waals surface area contributed by atoms with Crippen LogP contribution in [0, 0.1) is 5.41 Å². The van der Waals surface area contributed by atoms with E-state index in [-0.39, 0.29) is 5.41 Å². The van der Waals surface area contributed by atoms with E-state index in [4.69, 9.17) is 0 Å². The van der Waals surface area contributed by atoms with Crippen LogP contribution in [0.3, 0.4) is 0 Å². The van der Waals surface area contributed by atoms with Crippen LogP contribution in [0.15, 0.2) is 12.2 Å². The minimum Gasteiger partial charge on any atom is -0.302 e. The molecule has 1 aliphatic rings. The lowest BCUT2D eigenvalue weighted by molar-refractivity contribution is -0.113. The van der Waals surface area contributed by atoms with Gasteiger partial charge in [0.1, 0.15) is 6.29 Å². The summed E-state index contributed by atoms with van der Waals surface area (Å²) >= 11 is 0. The fourth-order valence-corrected chi connectivity index (χ4v) is 2.10. The van der Waals surface area contributed by atoms with E-state index >= 15 is 0 Å². The Labute approximate surface area is 82.6 Å². The molecule has 1 nitrogen and oxygen atoms in total. The standard InChI is InChI=1S/C10H18B2O/c1-10(8-13)6-4-2-3-5-9(7-10)12-11/h4,6,8-9,12H,2-3,5,7,11H2,1H3. The van der Waals surface area contributed by atoms with Crippen molar-refractivity contribution in [1.29, 1.82) is 0 Å². The van der Waals surface area contributed by atoms with Gasteiger partial charge >= 0.3 is 0 Å². The summed E-state index contributed by atoms with van der Waals surface area (Å²) in [5.41, 5.74) is -0.193. The van der Waals surface area contributed by atoms with E-state index in [9.17, 15) is 4.79 Å². The second-order valence-corrected chi connectivity index (χ2v) is 4.44. The van der Waals surface area contributed by atoms with Crippen molar-refractivity contribution in [2.24, 2.45) is 5.41 Å². The van der Waals surface area contributed by atoms with Gasteiger partial charge in [0.15, 0.2) is 0 Å². The summed E-state index contributed by atoms with van der Waals surface area (Å²) in [5.74, 6) is 0.736. The quantitative estimate of drug-likeness (QED) is 0.349. The van der Waals surface area contributed by atoms with Crippen LogP contribution in [-0.2, 0) is 4.79 Å². The van der Waals surface area contributed by atoms with Crippen LogP contribution in [0.2, 0.25) is 5.82 Å². The zero-order valence-corrected chi connectivity index (χ0v) is 8.75. The van der Waals surface area contributed by atoms with Crippen molar-refractivity contribution in [3.8, 4) is 0 Å². The highest BCUT2D eigenvalue weighted by molar-refractivity contribution is 6.90. The molecule has 1 aliphatic carbocycles. The van der Waals surface area contributed by atoms with E-state index in [1.165, 1.54) is 20.0 Å². The third-order valence-corrected chi connectivity index (χ3v) is 3.06. The topological polar surface area (TPSA) is 17.1 Å². The van der Waals surface area contributed by atoms with E-state index in [1.54, 1.807) is 0 Å². The summed E-state index contributed by atoms with van der Waals surface area (Å²) in [6, 6.07) is 0. The molecule has 0 heterocycles. The van der Waals surface area contributed by atoms with Crippen LogP contribution in [0.4, 0.5) is 0 Å².